The first kappa shape index (κ1) is 17.0. The Hall–Kier alpha value is -3.10. The van der Waals surface area contributed by atoms with Gasteiger partial charge in [0, 0.05) is 12.2 Å². The van der Waals surface area contributed by atoms with E-state index in [1.165, 1.54) is 0 Å². The van der Waals surface area contributed by atoms with Crippen LogP contribution >= 0.6 is 0 Å². The Kier molecular flexibility index (Phi) is 3.96. The number of halogens is 1. The lowest BCUT2D eigenvalue weighted by Gasteiger charge is -2.47. The third-order valence-corrected chi connectivity index (χ3v) is 6.10. The number of pyridine rings is 1. The van der Waals surface area contributed by atoms with Crippen molar-refractivity contribution in [2.45, 2.75) is 31.7 Å². The molecule has 0 aliphatic heterocycles. The highest BCUT2D eigenvalue weighted by Gasteiger charge is 2.47. The van der Waals surface area contributed by atoms with E-state index < -0.39 is 17.7 Å². The summed E-state index contributed by atoms with van der Waals surface area (Å²) in [7, 11) is 0. The van der Waals surface area contributed by atoms with Crippen LogP contribution in [0.25, 0.3) is 22.6 Å². The molecule has 2 bridgehead atoms. The number of aromatic nitrogens is 5. The fourth-order valence-electron chi connectivity index (χ4n) is 4.78. The average Bonchev–Trinajstić information content (AvgIpc) is 3.14. The number of aliphatic carboxylic acids is 1. The number of anilines is 1. The lowest BCUT2D eigenvalue weighted by atomic mass is 9.61. The van der Waals surface area contributed by atoms with Gasteiger partial charge in [-0.1, -0.05) is 0 Å². The number of aromatic amines is 1. The van der Waals surface area contributed by atoms with E-state index in [0.29, 0.717) is 11.3 Å². The number of fused-ring (bicyclic) bond motifs is 4. The quantitative estimate of drug-likeness (QED) is 0.635. The maximum atomic E-state index is 14.5. The average molecular weight is 382 g/mol. The second-order valence-corrected chi connectivity index (χ2v) is 7.57. The molecule has 8 nitrogen and oxygen atoms in total. The number of nitrogens with zero attached hydrogens (tertiary/aromatic N) is 4. The third kappa shape index (κ3) is 2.69. The zero-order valence-corrected chi connectivity index (χ0v) is 15.0. The molecule has 1 unspecified atom stereocenters. The van der Waals surface area contributed by atoms with E-state index in [1.54, 1.807) is 12.3 Å². The van der Waals surface area contributed by atoms with Crippen LogP contribution in [0.3, 0.4) is 0 Å². The van der Waals surface area contributed by atoms with Crippen LogP contribution in [-0.4, -0.2) is 42.3 Å². The first-order valence-electron chi connectivity index (χ1n) is 9.43. The molecular weight excluding hydrogens is 363 g/mol. The molecule has 144 valence electrons. The van der Waals surface area contributed by atoms with Crippen LogP contribution in [0.1, 0.15) is 25.7 Å². The maximum absolute atomic E-state index is 14.5. The third-order valence-electron chi connectivity index (χ3n) is 6.10. The van der Waals surface area contributed by atoms with Crippen molar-refractivity contribution >= 4 is 22.8 Å². The van der Waals surface area contributed by atoms with Crippen molar-refractivity contribution in [3.05, 3.63) is 30.3 Å². The fourth-order valence-corrected chi connectivity index (χ4v) is 4.78. The minimum atomic E-state index is -0.828. The Balaban J connectivity index is 1.50. The number of carboxylic acid groups (broad SMARTS) is 1. The molecule has 3 heterocycles. The number of H-pyrrole nitrogens is 1. The number of hydrogen-bond donors (Lipinski definition) is 3. The summed E-state index contributed by atoms with van der Waals surface area (Å²) in [5.74, 6) is -1.34. The second-order valence-electron chi connectivity index (χ2n) is 7.57. The molecule has 0 amide bonds. The van der Waals surface area contributed by atoms with Crippen LogP contribution in [0.2, 0.25) is 0 Å². The van der Waals surface area contributed by atoms with Crippen molar-refractivity contribution < 1.29 is 14.3 Å². The van der Waals surface area contributed by atoms with E-state index in [-0.39, 0.29) is 29.5 Å². The van der Waals surface area contributed by atoms with Gasteiger partial charge in [0.05, 0.1) is 17.5 Å². The summed E-state index contributed by atoms with van der Waals surface area (Å²) < 4.78 is 14.5. The first-order chi connectivity index (χ1) is 13.6. The predicted octanol–water partition coefficient (Wildman–Crippen LogP) is 2.86. The molecule has 9 heteroatoms. The van der Waals surface area contributed by atoms with Gasteiger partial charge in [-0.25, -0.2) is 19.3 Å². The number of hydrogen-bond acceptors (Lipinski definition) is 6. The van der Waals surface area contributed by atoms with Gasteiger partial charge in [0.1, 0.15) is 5.69 Å². The fraction of sp³-hybridized carbons (Fsp3) is 0.421. The summed E-state index contributed by atoms with van der Waals surface area (Å²) in [5, 5.41) is 20.6. The molecular formula is C19H19FN6O2. The van der Waals surface area contributed by atoms with Gasteiger partial charge in [-0.05, 0) is 49.7 Å². The zero-order valence-electron chi connectivity index (χ0n) is 15.0. The smallest absolute Gasteiger partial charge is 0.308 e. The summed E-state index contributed by atoms with van der Waals surface area (Å²) in [6.07, 6.45) is 6.50. The van der Waals surface area contributed by atoms with Crippen LogP contribution in [-0.2, 0) is 4.79 Å². The van der Waals surface area contributed by atoms with E-state index in [2.05, 4.69) is 30.5 Å². The highest BCUT2D eigenvalue weighted by atomic mass is 19.1. The van der Waals surface area contributed by atoms with Crippen molar-refractivity contribution in [3.63, 3.8) is 0 Å². The van der Waals surface area contributed by atoms with E-state index in [1.807, 2.05) is 6.07 Å². The van der Waals surface area contributed by atoms with Crippen LogP contribution in [0.4, 0.5) is 10.2 Å². The van der Waals surface area contributed by atoms with E-state index in [0.717, 1.165) is 37.3 Å². The highest BCUT2D eigenvalue weighted by molar-refractivity contribution is 5.88. The molecule has 3 saturated carbocycles. The van der Waals surface area contributed by atoms with Crippen molar-refractivity contribution in [2.24, 2.45) is 17.8 Å². The van der Waals surface area contributed by atoms with Gasteiger partial charge in [0.2, 0.25) is 0 Å². The second kappa shape index (κ2) is 6.50. The molecule has 2 atom stereocenters. The Labute approximate surface area is 159 Å². The number of nitrogens with one attached hydrogen (secondary N) is 2. The van der Waals surface area contributed by atoms with Gasteiger partial charge in [0.25, 0.3) is 0 Å². The standard InChI is InChI=1S/C19H19FN6O2/c20-12-8-22-18(15-11-2-1-7-21-16(11)26-25-15)24-17(12)23-14-10-5-3-9(4-6-10)13(14)19(27)28/h1-2,7-10,13-14H,3-6H2,(H,27,28)(H,21,25,26)(H,22,23,24)/t9?,10?,13-,14?/m1/s1. The van der Waals surface area contributed by atoms with Crippen LogP contribution < -0.4 is 5.32 Å². The Morgan fingerprint density at radius 1 is 1.21 bits per heavy atom. The summed E-state index contributed by atoms with van der Waals surface area (Å²) in [5.41, 5.74) is 1.07. The molecule has 3 N–H and O–H groups in total. The number of carboxylic acids is 1. The molecule has 0 aromatic carbocycles. The predicted molar refractivity (Wildman–Crippen MR) is 98.9 cm³/mol. The van der Waals surface area contributed by atoms with Crippen molar-refractivity contribution in [1.29, 1.82) is 0 Å². The Morgan fingerprint density at radius 3 is 2.79 bits per heavy atom. The zero-order chi connectivity index (χ0) is 19.3. The molecule has 3 aliphatic carbocycles. The lowest BCUT2D eigenvalue weighted by molar-refractivity contribution is -0.148. The van der Waals surface area contributed by atoms with Crippen LogP contribution in [0.5, 0.6) is 0 Å². The maximum Gasteiger partial charge on any atom is 0.308 e. The minimum absolute atomic E-state index is 0.0221. The van der Waals surface area contributed by atoms with Gasteiger partial charge >= 0.3 is 5.97 Å². The molecule has 0 spiro atoms. The SMILES string of the molecule is O=C(O)[C@@H]1C2CCC(CC2)C1Nc1nc(-c2n[nH]c3ncccc23)ncc1F. The highest BCUT2D eigenvalue weighted by Crippen LogP contribution is 2.46. The summed E-state index contributed by atoms with van der Waals surface area (Å²) in [4.78, 5) is 24.4. The molecule has 0 radical (unpaired) electrons. The van der Waals surface area contributed by atoms with Crippen LogP contribution in [0.15, 0.2) is 24.5 Å². The van der Waals surface area contributed by atoms with Gasteiger partial charge in [0.15, 0.2) is 23.1 Å². The van der Waals surface area contributed by atoms with E-state index in [4.69, 9.17) is 0 Å². The molecule has 28 heavy (non-hydrogen) atoms. The lowest BCUT2D eigenvalue weighted by Crippen LogP contribution is -2.51. The topological polar surface area (TPSA) is 117 Å². The number of carbonyl (C=O) groups is 1. The van der Waals surface area contributed by atoms with E-state index in [9.17, 15) is 14.3 Å². The Bertz CT molecular complexity index is 1050. The number of rotatable bonds is 4. The van der Waals surface area contributed by atoms with Gasteiger partial charge in [-0.2, -0.15) is 5.10 Å². The molecule has 0 saturated heterocycles. The van der Waals surface area contributed by atoms with E-state index >= 15 is 0 Å². The molecule has 6 rings (SSSR count). The van der Waals surface area contributed by atoms with Gasteiger partial charge < -0.3 is 10.4 Å². The summed E-state index contributed by atoms with van der Waals surface area (Å²) >= 11 is 0. The van der Waals surface area contributed by atoms with Gasteiger partial charge in [-0.3, -0.25) is 9.89 Å². The van der Waals surface area contributed by atoms with Crippen molar-refractivity contribution in [2.75, 3.05) is 5.32 Å². The monoisotopic (exact) mass is 382 g/mol. The van der Waals surface area contributed by atoms with Crippen LogP contribution in [0, 0.1) is 23.6 Å². The largest absolute Gasteiger partial charge is 0.481 e. The minimum Gasteiger partial charge on any atom is -0.481 e. The molecule has 3 aromatic rings. The normalized spacial score (nSPS) is 26.5. The van der Waals surface area contributed by atoms with Gasteiger partial charge in [-0.15, -0.1) is 0 Å². The first-order valence-corrected chi connectivity index (χ1v) is 9.43. The summed E-state index contributed by atoms with van der Waals surface area (Å²) in [6, 6.07) is 3.28. The van der Waals surface area contributed by atoms with Crippen molar-refractivity contribution in [3.8, 4) is 11.5 Å². The molecule has 3 aromatic heterocycles. The molecule has 3 aliphatic rings. The summed E-state index contributed by atoms with van der Waals surface area (Å²) in [6.45, 7) is 0. The van der Waals surface area contributed by atoms with Crippen molar-refractivity contribution in [1.82, 2.24) is 25.1 Å². The Morgan fingerprint density at radius 2 is 2.00 bits per heavy atom. The molecule has 3 fully saturated rings.